The second-order valence-electron chi connectivity index (χ2n) is 4.27. The molecule has 0 bridgehead atoms. The number of aromatic amines is 1. The van der Waals surface area contributed by atoms with Crippen LogP contribution in [0.3, 0.4) is 0 Å². The number of fused-ring (bicyclic) bond motifs is 1. The first-order valence-corrected chi connectivity index (χ1v) is 7.50. The summed E-state index contributed by atoms with van der Waals surface area (Å²) in [5.74, 6) is 0. The van der Waals surface area contributed by atoms with Gasteiger partial charge in [-0.2, -0.15) is 8.42 Å². The Kier molecular flexibility index (Phi) is 3.26. The lowest BCUT2D eigenvalue weighted by atomic mass is 10.4. The second kappa shape index (κ2) is 5.11. The number of nitrogens with zero attached hydrogens (tertiary/aromatic N) is 2. The van der Waals surface area contributed by atoms with E-state index in [1.165, 1.54) is 42.6 Å². The summed E-state index contributed by atoms with van der Waals surface area (Å²) >= 11 is 0. The van der Waals surface area contributed by atoms with Gasteiger partial charge in [-0.3, -0.25) is 9.08 Å². The van der Waals surface area contributed by atoms with Gasteiger partial charge >= 0.3 is 21.4 Å². The fourth-order valence-electron chi connectivity index (χ4n) is 1.83. The van der Waals surface area contributed by atoms with Crippen molar-refractivity contribution in [2.75, 3.05) is 0 Å². The molecule has 0 spiro atoms. The van der Waals surface area contributed by atoms with Crippen LogP contribution in [0, 0.1) is 0 Å². The van der Waals surface area contributed by atoms with Gasteiger partial charge in [0.05, 0.1) is 5.52 Å². The van der Waals surface area contributed by atoms with Gasteiger partial charge in [0.25, 0.3) is 0 Å². The summed E-state index contributed by atoms with van der Waals surface area (Å²) in [6, 6.07) is 10.2. The summed E-state index contributed by atoms with van der Waals surface area (Å²) in [5, 5.41) is 0. The number of pyridine rings is 1. The molecule has 0 aliphatic heterocycles. The molecule has 1 aromatic carbocycles. The zero-order valence-corrected chi connectivity index (χ0v) is 11.8. The molecule has 22 heavy (non-hydrogen) atoms. The normalized spacial score (nSPS) is 11.5. The van der Waals surface area contributed by atoms with Gasteiger partial charge in [0.1, 0.15) is 4.90 Å². The maximum atomic E-state index is 12.1. The van der Waals surface area contributed by atoms with Crippen molar-refractivity contribution in [3.63, 3.8) is 0 Å². The summed E-state index contributed by atoms with van der Waals surface area (Å²) in [5.41, 5.74) is -1.89. The Balaban J connectivity index is 2.16. The molecule has 0 saturated carbocycles. The van der Waals surface area contributed by atoms with Crippen LogP contribution in [0.4, 0.5) is 0 Å². The minimum absolute atomic E-state index is 0.106. The van der Waals surface area contributed by atoms with E-state index >= 15 is 0 Å². The molecule has 112 valence electrons. The lowest BCUT2D eigenvalue weighted by Gasteiger charge is -2.07. The third kappa shape index (κ3) is 2.37. The third-order valence-electron chi connectivity index (χ3n) is 2.83. The van der Waals surface area contributed by atoms with Gasteiger partial charge in [-0.15, -0.1) is 0 Å². The van der Waals surface area contributed by atoms with Crippen molar-refractivity contribution in [3.05, 3.63) is 69.5 Å². The quantitative estimate of drug-likeness (QED) is 0.722. The van der Waals surface area contributed by atoms with E-state index in [2.05, 4.69) is 14.3 Å². The molecular weight excluding hydrogens is 310 g/mol. The van der Waals surface area contributed by atoms with Crippen molar-refractivity contribution >= 4 is 21.2 Å². The predicted molar refractivity (Wildman–Crippen MR) is 76.8 cm³/mol. The molecule has 0 unspecified atom stereocenters. The molecule has 3 aromatic rings. The number of H-pyrrole nitrogens is 1. The fourth-order valence-corrected chi connectivity index (χ4v) is 2.74. The Morgan fingerprint density at radius 1 is 1.05 bits per heavy atom. The highest BCUT2D eigenvalue weighted by Gasteiger charge is 2.20. The molecule has 9 heteroatoms. The molecule has 0 radical (unpaired) electrons. The number of nitrogens with one attached hydrogen (secondary N) is 1. The van der Waals surface area contributed by atoms with Gasteiger partial charge < -0.3 is 4.98 Å². The van der Waals surface area contributed by atoms with E-state index < -0.39 is 21.4 Å². The summed E-state index contributed by atoms with van der Waals surface area (Å²) in [4.78, 5) is 30.0. The van der Waals surface area contributed by atoms with Crippen LogP contribution >= 0.6 is 0 Å². The fraction of sp³-hybridized carbons (Fsp3) is 0. The first-order valence-electron chi connectivity index (χ1n) is 6.09. The topological polar surface area (TPSA) is 111 Å². The molecule has 0 saturated heterocycles. The predicted octanol–water partition coefficient (Wildman–Crippen LogP) is -0.0977. The smallest absolute Gasteiger partial charge is 0.303 e. The molecule has 2 aromatic heterocycles. The van der Waals surface area contributed by atoms with Gasteiger partial charge in [0, 0.05) is 6.20 Å². The standard InChI is InChI=1S/C13H9N3O5S/c17-12-11-10(7-4-8-14-11)15-13(18)16(12)21-22(19,20)9-5-2-1-3-6-9/h1-8H,(H,15,18). The van der Waals surface area contributed by atoms with Crippen LogP contribution in [0.25, 0.3) is 11.0 Å². The number of hydrogen-bond acceptors (Lipinski definition) is 6. The van der Waals surface area contributed by atoms with Gasteiger partial charge in [-0.05, 0) is 24.3 Å². The molecule has 0 aliphatic carbocycles. The van der Waals surface area contributed by atoms with Gasteiger partial charge in [0.15, 0.2) is 5.52 Å². The van der Waals surface area contributed by atoms with E-state index in [1.54, 1.807) is 6.07 Å². The van der Waals surface area contributed by atoms with Crippen molar-refractivity contribution in [2.45, 2.75) is 4.90 Å². The molecule has 0 fully saturated rings. The monoisotopic (exact) mass is 319 g/mol. The van der Waals surface area contributed by atoms with Gasteiger partial charge in [-0.25, -0.2) is 9.78 Å². The second-order valence-corrected chi connectivity index (χ2v) is 5.80. The molecule has 0 aliphatic rings. The zero-order valence-electron chi connectivity index (χ0n) is 11.0. The van der Waals surface area contributed by atoms with Crippen LogP contribution in [-0.2, 0) is 10.1 Å². The van der Waals surface area contributed by atoms with Crippen LogP contribution in [0.5, 0.6) is 0 Å². The van der Waals surface area contributed by atoms with E-state index in [1.807, 2.05) is 0 Å². The van der Waals surface area contributed by atoms with Crippen molar-refractivity contribution in [2.24, 2.45) is 0 Å². The Hall–Kier alpha value is -2.94. The first-order chi connectivity index (χ1) is 10.5. The SMILES string of the molecule is O=c1[nH]c2cccnc2c(=O)n1OS(=O)(=O)c1ccccc1. The Morgan fingerprint density at radius 2 is 1.77 bits per heavy atom. The van der Waals surface area contributed by atoms with Crippen LogP contribution in [0.2, 0.25) is 0 Å². The average molecular weight is 319 g/mol. The Morgan fingerprint density at radius 3 is 2.50 bits per heavy atom. The van der Waals surface area contributed by atoms with E-state index in [0.29, 0.717) is 0 Å². The summed E-state index contributed by atoms with van der Waals surface area (Å²) in [7, 11) is -4.31. The maximum absolute atomic E-state index is 12.1. The molecule has 0 atom stereocenters. The summed E-state index contributed by atoms with van der Waals surface area (Å²) in [6.45, 7) is 0. The zero-order chi connectivity index (χ0) is 15.7. The van der Waals surface area contributed by atoms with Gasteiger partial charge in [0.2, 0.25) is 0 Å². The maximum Gasteiger partial charge on any atom is 0.363 e. The number of benzene rings is 1. The average Bonchev–Trinajstić information content (AvgIpc) is 2.52. The highest BCUT2D eigenvalue weighted by atomic mass is 32.2. The van der Waals surface area contributed by atoms with Crippen LogP contribution < -0.4 is 15.5 Å². The molecular formula is C13H9N3O5S. The van der Waals surface area contributed by atoms with Crippen molar-refractivity contribution in [1.82, 2.24) is 14.7 Å². The van der Waals surface area contributed by atoms with Crippen molar-refractivity contribution in [1.29, 1.82) is 0 Å². The largest absolute Gasteiger partial charge is 0.363 e. The molecule has 0 amide bonds. The lowest BCUT2D eigenvalue weighted by molar-refractivity contribution is 0.253. The first kappa shape index (κ1) is 14.0. The molecule has 2 heterocycles. The molecule has 1 N–H and O–H groups in total. The molecule has 3 rings (SSSR count). The minimum Gasteiger partial charge on any atom is -0.303 e. The highest BCUT2D eigenvalue weighted by molar-refractivity contribution is 7.87. The van der Waals surface area contributed by atoms with E-state index in [0.717, 1.165) is 0 Å². The Labute approximate surface area is 123 Å². The van der Waals surface area contributed by atoms with Crippen LogP contribution in [-0.4, -0.2) is 23.1 Å². The Bertz CT molecular complexity index is 1050. The summed E-state index contributed by atoms with van der Waals surface area (Å²) < 4.78 is 29.0. The lowest BCUT2D eigenvalue weighted by Crippen LogP contribution is -2.42. The highest BCUT2D eigenvalue weighted by Crippen LogP contribution is 2.08. The number of rotatable bonds is 3. The van der Waals surface area contributed by atoms with E-state index in [-0.39, 0.29) is 20.7 Å². The van der Waals surface area contributed by atoms with Crippen LogP contribution in [0.1, 0.15) is 0 Å². The van der Waals surface area contributed by atoms with Crippen molar-refractivity contribution in [3.8, 4) is 0 Å². The number of hydrogen-bond donors (Lipinski definition) is 1. The van der Waals surface area contributed by atoms with E-state index in [9.17, 15) is 18.0 Å². The van der Waals surface area contributed by atoms with Crippen molar-refractivity contribution < 1.29 is 12.7 Å². The molecule has 8 nitrogen and oxygen atoms in total. The number of aromatic nitrogens is 3. The van der Waals surface area contributed by atoms with Crippen LogP contribution in [0.15, 0.2) is 63.1 Å². The summed E-state index contributed by atoms with van der Waals surface area (Å²) in [6.07, 6.45) is 1.35. The minimum atomic E-state index is -4.31. The van der Waals surface area contributed by atoms with E-state index in [4.69, 9.17) is 0 Å². The third-order valence-corrected chi connectivity index (χ3v) is 4.02. The van der Waals surface area contributed by atoms with Gasteiger partial charge in [-0.1, -0.05) is 22.9 Å².